The Morgan fingerprint density at radius 2 is 1.91 bits per heavy atom. The van der Waals surface area contributed by atoms with E-state index in [1.807, 2.05) is 24.3 Å². The number of ether oxygens (including phenoxy) is 1. The largest absolute Gasteiger partial charge is 0.478 e. The number of carbonyl (C=O) groups is 1. The van der Waals surface area contributed by atoms with E-state index in [0.717, 1.165) is 24.0 Å². The van der Waals surface area contributed by atoms with Crippen molar-refractivity contribution in [1.29, 1.82) is 0 Å². The number of carboxylic acids is 1. The third kappa shape index (κ3) is 3.59. The van der Waals surface area contributed by atoms with Crippen LogP contribution < -0.4 is 4.74 Å². The molecule has 0 atom stereocenters. The number of aliphatic hydroxyl groups is 1. The topological polar surface area (TPSA) is 108 Å². The van der Waals surface area contributed by atoms with E-state index in [1.165, 1.54) is 6.07 Å². The molecule has 162 valence electrons. The van der Waals surface area contributed by atoms with Crippen LogP contribution >= 0.6 is 11.6 Å². The summed E-state index contributed by atoms with van der Waals surface area (Å²) < 4.78 is 5.73. The van der Waals surface area contributed by atoms with E-state index < -0.39 is 5.97 Å². The number of fused-ring (bicyclic) bond motifs is 1. The number of hydrogen-bond acceptors (Lipinski definition) is 5. The van der Waals surface area contributed by atoms with Crippen molar-refractivity contribution in [2.75, 3.05) is 6.61 Å². The summed E-state index contributed by atoms with van der Waals surface area (Å²) in [5.74, 6) is -0.667. The molecule has 0 aliphatic heterocycles. The molecule has 0 amide bonds. The van der Waals surface area contributed by atoms with Gasteiger partial charge in [-0.2, -0.15) is 4.98 Å². The van der Waals surface area contributed by atoms with Gasteiger partial charge in [0, 0.05) is 11.0 Å². The van der Waals surface area contributed by atoms with Crippen LogP contribution in [0.3, 0.4) is 0 Å². The quantitative estimate of drug-likeness (QED) is 0.378. The van der Waals surface area contributed by atoms with Gasteiger partial charge >= 0.3 is 12.0 Å². The van der Waals surface area contributed by atoms with Gasteiger partial charge in [-0.3, -0.25) is 0 Å². The summed E-state index contributed by atoms with van der Waals surface area (Å²) >= 11 is 6.49. The minimum Gasteiger partial charge on any atom is -0.478 e. The number of aromatic nitrogens is 3. The van der Waals surface area contributed by atoms with Crippen molar-refractivity contribution >= 4 is 28.7 Å². The van der Waals surface area contributed by atoms with E-state index >= 15 is 0 Å². The van der Waals surface area contributed by atoms with Crippen LogP contribution in [0.4, 0.5) is 0 Å². The van der Waals surface area contributed by atoms with Gasteiger partial charge in [-0.05, 0) is 49.1 Å². The molecule has 0 saturated heterocycles. The molecule has 1 saturated carbocycles. The molecule has 1 aliphatic carbocycles. The first kappa shape index (κ1) is 20.5. The number of nitrogens with zero attached hydrogens (tertiary/aromatic N) is 2. The molecule has 2 aromatic carbocycles. The highest BCUT2D eigenvalue weighted by Gasteiger charge is 2.43. The molecule has 0 unspecified atom stereocenters. The van der Waals surface area contributed by atoms with E-state index in [4.69, 9.17) is 16.3 Å². The van der Waals surface area contributed by atoms with Gasteiger partial charge in [-0.15, -0.1) is 0 Å². The first-order valence-electron chi connectivity index (χ1n) is 10.2. The molecule has 8 heteroatoms. The normalized spacial score (nSPS) is 14.5. The summed E-state index contributed by atoms with van der Waals surface area (Å²) in [5.41, 5.74) is 4.33. The van der Waals surface area contributed by atoms with Gasteiger partial charge in [-0.25, -0.2) is 9.78 Å². The number of aromatic amines is 1. The minimum absolute atomic E-state index is 0.0926. The van der Waals surface area contributed by atoms with Gasteiger partial charge in [0.25, 0.3) is 0 Å². The Kier molecular flexibility index (Phi) is 4.87. The zero-order valence-corrected chi connectivity index (χ0v) is 18.0. The van der Waals surface area contributed by atoms with Crippen LogP contribution in [0.25, 0.3) is 22.4 Å². The lowest BCUT2D eigenvalue weighted by Gasteiger charge is -2.12. The molecular weight excluding hydrogens is 430 g/mol. The fraction of sp³-hybridized carbons (Fsp3) is 0.208. The predicted octanol–water partition coefficient (Wildman–Crippen LogP) is 5.10. The Morgan fingerprint density at radius 3 is 2.56 bits per heavy atom. The first-order chi connectivity index (χ1) is 15.4. The number of imidazole rings is 1. The van der Waals surface area contributed by atoms with E-state index in [-0.39, 0.29) is 23.6 Å². The summed E-state index contributed by atoms with van der Waals surface area (Å²) in [6.45, 7) is 1.88. The standard InChI is InChI=1S/C24H20ClN3O4/c1-13-2-7-16(10-17(13)22(30)31)32-23-26-19-11-18(25)20(27-21(19)28-23)14-3-5-15(6-4-14)24(12-29)8-9-24/h2-7,10-11,29H,8-9,12H2,1H3,(H,30,31)(H,26,27,28). The molecule has 1 aliphatic rings. The van der Waals surface area contributed by atoms with Gasteiger partial charge in [-0.1, -0.05) is 41.9 Å². The maximum absolute atomic E-state index is 11.4. The molecule has 1 fully saturated rings. The fourth-order valence-corrected chi connectivity index (χ4v) is 4.08. The Bertz CT molecular complexity index is 1340. The average molecular weight is 450 g/mol. The van der Waals surface area contributed by atoms with Crippen molar-refractivity contribution in [3.63, 3.8) is 0 Å². The van der Waals surface area contributed by atoms with E-state index in [0.29, 0.717) is 33.2 Å². The number of nitrogens with one attached hydrogen (secondary N) is 1. The molecule has 7 nitrogen and oxygen atoms in total. The number of aliphatic hydroxyl groups excluding tert-OH is 1. The van der Waals surface area contributed by atoms with Gasteiger partial charge in [0.2, 0.25) is 0 Å². The zero-order valence-electron chi connectivity index (χ0n) is 17.2. The molecule has 2 heterocycles. The summed E-state index contributed by atoms with van der Waals surface area (Å²) in [6, 6.07) is 14.7. The summed E-state index contributed by atoms with van der Waals surface area (Å²) in [7, 11) is 0. The highest BCUT2D eigenvalue weighted by molar-refractivity contribution is 6.33. The number of aryl methyl sites for hydroxylation is 1. The molecule has 5 rings (SSSR count). The maximum Gasteiger partial charge on any atom is 0.336 e. The number of H-pyrrole nitrogens is 1. The Hall–Kier alpha value is -3.42. The Balaban J connectivity index is 1.44. The third-order valence-electron chi connectivity index (χ3n) is 5.99. The number of hydrogen-bond donors (Lipinski definition) is 3. The van der Waals surface area contributed by atoms with Crippen molar-refractivity contribution in [2.24, 2.45) is 0 Å². The third-order valence-corrected chi connectivity index (χ3v) is 6.27. The van der Waals surface area contributed by atoms with Gasteiger partial charge in [0.05, 0.1) is 28.4 Å². The average Bonchev–Trinajstić information content (AvgIpc) is 3.49. The summed E-state index contributed by atoms with van der Waals surface area (Å²) in [6.07, 6.45) is 2.00. The van der Waals surface area contributed by atoms with Gasteiger partial charge < -0.3 is 19.9 Å². The summed E-state index contributed by atoms with van der Waals surface area (Å²) in [4.78, 5) is 23.4. The molecule has 3 N–H and O–H groups in total. The molecular formula is C24H20ClN3O4. The number of pyridine rings is 1. The molecule has 0 radical (unpaired) electrons. The van der Waals surface area contributed by atoms with Crippen molar-refractivity contribution in [2.45, 2.75) is 25.2 Å². The molecule has 0 bridgehead atoms. The van der Waals surface area contributed by atoms with E-state index in [1.54, 1.807) is 25.1 Å². The first-order valence-corrected chi connectivity index (χ1v) is 10.6. The Labute approximate surface area is 188 Å². The molecule has 32 heavy (non-hydrogen) atoms. The van der Waals surface area contributed by atoms with Crippen LogP contribution in [0.1, 0.15) is 34.3 Å². The second-order valence-electron chi connectivity index (χ2n) is 8.13. The number of benzene rings is 2. The van der Waals surface area contributed by atoms with Crippen molar-refractivity contribution in [3.05, 3.63) is 70.2 Å². The lowest BCUT2D eigenvalue weighted by atomic mass is 9.95. The monoisotopic (exact) mass is 449 g/mol. The predicted molar refractivity (Wildman–Crippen MR) is 121 cm³/mol. The van der Waals surface area contributed by atoms with Crippen LogP contribution in [0.15, 0.2) is 48.5 Å². The molecule has 2 aromatic heterocycles. The second kappa shape index (κ2) is 7.62. The summed E-state index contributed by atoms with van der Waals surface area (Å²) in [5, 5.41) is 19.4. The number of halogens is 1. The lowest BCUT2D eigenvalue weighted by Crippen LogP contribution is -2.11. The number of carboxylic acid groups (broad SMARTS) is 1. The van der Waals surface area contributed by atoms with Crippen molar-refractivity contribution < 1.29 is 19.7 Å². The van der Waals surface area contributed by atoms with Crippen LogP contribution in [0, 0.1) is 6.92 Å². The van der Waals surface area contributed by atoms with Crippen LogP contribution in [-0.2, 0) is 5.41 Å². The SMILES string of the molecule is Cc1ccc(Oc2nc3nc(-c4ccc(C5(CO)CC5)cc4)c(Cl)cc3[nH]2)cc1C(=O)O. The molecule has 0 spiro atoms. The van der Waals surface area contributed by atoms with Crippen molar-refractivity contribution in [3.8, 4) is 23.0 Å². The second-order valence-corrected chi connectivity index (χ2v) is 8.54. The highest BCUT2D eigenvalue weighted by atomic mass is 35.5. The number of rotatable bonds is 6. The van der Waals surface area contributed by atoms with Crippen LogP contribution in [0.5, 0.6) is 11.8 Å². The minimum atomic E-state index is -1.02. The number of aromatic carboxylic acids is 1. The van der Waals surface area contributed by atoms with E-state index in [9.17, 15) is 15.0 Å². The fourth-order valence-electron chi connectivity index (χ4n) is 3.82. The van der Waals surface area contributed by atoms with Crippen LogP contribution in [-0.4, -0.2) is 37.7 Å². The lowest BCUT2D eigenvalue weighted by molar-refractivity contribution is 0.0695. The highest BCUT2D eigenvalue weighted by Crippen LogP contribution is 2.48. The zero-order chi connectivity index (χ0) is 22.5. The Morgan fingerprint density at radius 1 is 1.16 bits per heavy atom. The van der Waals surface area contributed by atoms with Gasteiger partial charge in [0.1, 0.15) is 5.75 Å². The maximum atomic E-state index is 11.4. The van der Waals surface area contributed by atoms with Crippen molar-refractivity contribution in [1.82, 2.24) is 15.0 Å². The molecule has 4 aromatic rings. The van der Waals surface area contributed by atoms with Crippen LogP contribution in [0.2, 0.25) is 5.02 Å². The van der Waals surface area contributed by atoms with Gasteiger partial charge in [0.15, 0.2) is 5.65 Å². The van der Waals surface area contributed by atoms with E-state index in [2.05, 4.69) is 15.0 Å². The smallest absolute Gasteiger partial charge is 0.336 e.